The number of halogens is 2. The molecule has 2 unspecified atom stereocenters. The van der Waals surface area contributed by atoms with Gasteiger partial charge in [-0.2, -0.15) is 0 Å². The van der Waals surface area contributed by atoms with E-state index in [2.05, 4.69) is 10.5 Å². The first-order valence-corrected chi connectivity index (χ1v) is 14.5. The lowest BCUT2D eigenvalue weighted by Crippen LogP contribution is -2.41. The summed E-state index contributed by atoms with van der Waals surface area (Å²) < 4.78 is 38.5. The predicted octanol–water partition coefficient (Wildman–Crippen LogP) is 7.12. The molecule has 2 amide bonds. The van der Waals surface area contributed by atoms with Crippen molar-refractivity contribution >= 4 is 23.4 Å². The minimum absolute atomic E-state index is 0.104. The molecule has 0 aliphatic carbocycles. The molecule has 232 valence electrons. The second-order valence-corrected chi connectivity index (χ2v) is 10.4. The van der Waals surface area contributed by atoms with Gasteiger partial charge in [0.15, 0.2) is 0 Å². The predicted molar refractivity (Wildman–Crippen MR) is 166 cm³/mol. The van der Waals surface area contributed by atoms with Crippen LogP contribution in [0, 0.1) is 17.6 Å². The minimum atomic E-state index is -0.806. The van der Waals surface area contributed by atoms with Crippen LogP contribution < -0.4 is 10.1 Å². The number of oxime groups is 1. The summed E-state index contributed by atoms with van der Waals surface area (Å²) in [6.07, 6.45) is -0.217. The van der Waals surface area contributed by atoms with E-state index in [4.69, 9.17) is 14.3 Å². The maximum absolute atomic E-state index is 14.1. The summed E-state index contributed by atoms with van der Waals surface area (Å²) in [5.41, 5.74) is 3.48. The number of benzene rings is 4. The molecule has 1 heterocycles. The van der Waals surface area contributed by atoms with Crippen LogP contribution in [0.25, 0.3) is 0 Å². The Morgan fingerprint density at radius 3 is 2.22 bits per heavy atom. The van der Waals surface area contributed by atoms with Crippen molar-refractivity contribution in [2.24, 2.45) is 11.1 Å². The van der Waals surface area contributed by atoms with Gasteiger partial charge in [0.25, 0.3) is 0 Å². The van der Waals surface area contributed by atoms with Crippen LogP contribution in [0.1, 0.15) is 35.6 Å². The van der Waals surface area contributed by atoms with Gasteiger partial charge >= 0.3 is 6.09 Å². The van der Waals surface area contributed by atoms with E-state index in [1.54, 1.807) is 24.3 Å². The van der Waals surface area contributed by atoms with Crippen LogP contribution in [0.15, 0.2) is 108 Å². The molecule has 0 spiro atoms. The summed E-state index contributed by atoms with van der Waals surface area (Å²) in [6, 6.07) is 28.1. The molecule has 2 atom stereocenters. The van der Waals surface area contributed by atoms with Gasteiger partial charge < -0.3 is 19.6 Å². The highest BCUT2D eigenvalue weighted by atomic mass is 19.1. The van der Waals surface area contributed by atoms with Crippen molar-refractivity contribution in [2.75, 3.05) is 25.6 Å². The Morgan fingerprint density at radius 2 is 1.60 bits per heavy atom. The van der Waals surface area contributed by atoms with Crippen molar-refractivity contribution in [3.63, 3.8) is 0 Å². The second-order valence-electron chi connectivity index (χ2n) is 10.4. The van der Waals surface area contributed by atoms with E-state index >= 15 is 0 Å². The smallest absolute Gasteiger partial charge is 0.416 e. The highest BCUT2D eigenvalue weighted by Gasteiger charge is 2.38. The number of hydrogen-bond acceptors (Lipinski definition) is 7. The number of ether oxygens (including phenoxy) is 2. The lowest BCUT2D eigenvalue weighted by molar-refractivity contribution is -0.132. The van der Waals surface area contributed by atoms with Crippen LogP contribution >= 0.6 is 0 Å². The van der Waals surface area contributed by atoms with Gasteiger partial charge in [-0.05, 0) is 78.1 Å². The zero-order chi connectivity index (χ0) is 31.6. The van der Waals surface area contributed by atoms with E-state index < -0.39 is 35.6 Å². The first-order chi connectivity index (χ1) is 21.9. The van der Waals surface area contributed by atoms with Crippen LogP contribution in [0.5, 0.6) is 5.75 Å². The topological polar surface area (TPSA) is 89.5 Å². The molecule has 1 aliphatic rings. The number of amides is 2. The number of hydrogen-bond donors (Lipinski definition) is 1. The van der Waals surface area contributed by atoms with Crippen molar-refractivity contribution in [3.05, 3.63) is 131 Å². The molecular formula is C35H33F2N3O5. The Bertz CT molecular complexity index is 1600. The zero-order valence-electron chi connectivity index (χ0n) is 24.7. The summed E-state index contributed by atoms with van der Waals surface area (Å²) in [6.45, 7) is 0.619. The van der Waals surface area contributed by atoms with Crippen LogP contribution in [0.3, 0.4) is 0 Å². The lowest BCUT2D eigenvalue weighted by Gasteiger charge is -2.30. The summed E-state index contributed by atoms with van der Waals surface area (Å²) in [4.78, 5) is 32.8. The van der Waals surface area contributed by atoms with Crippen LogP contribution in [-0.4, -0.2) is 42.9 Å². The van der Waals surface area contributed by atoms with Crippen molar-refractivity contribution in [1.82, 2.24) is 4.90 Å². The molecular weight excluding hydrogens is 580 g/mol. The van der Waals surface area contributed by atoms with Gasteiger partial charge in [-0.3, -0.25) is 4.79 Å². The SMILES string of the molecule is CO/N=C(/CCC(C(=O)N1CCOC1=O)C(Nc1ccc(F)cc1)c1ccc(OCc2ccccc2)cc1)c1ccc(F)cc1. The van der Waals surface area contributed by atoms with Gasteiger partial charge in [0, 0.05) is 5.69 Å². The average Bonchev–Trinajstić information content (AvgIpc) is 3.50. The monoisotopic (exact) mass is 613 g/mol. The number of rotatable bonds is 13. The van der Waals surface area contributed by atoms with Crippen LogP contribution in [0.2, 0.25) is 0 Å². The molecule has 0 aromatic heterocycles. The van der Waals surface area contributed by atoms with E-state index in [0.29, 0.717) is 29.3 Å². The summed E-state index contributed by atoms with van der Waals surface area (Å²) in [5, 5.41) is 7.54. The summed E-state index contributed by atoms with van der Waals surface area (Å²) >= 11 is 0. The van der Waals surface area contributed by atoms with E-state index in [1.165, 1.54) is 31.4 Å². The number of nitrogens with one attached hydrogen (secondary N) is 1. The number of imide groups is 1. The fraction of sp³-hybridized carbons (Fsp3) is 0.229. The molecule has 5 rings (SSSR count). The first-order valence-electron chi connectivity index (χ1n) is 14.5. The third-order valence-electron chi connectivity index (χ3n) is 7.47. The van der Waals surface area contributed by atoms with Gasteiger partial charge in [0.05, 0.1) is 24.2 Å². The van der Waals surface area contributed by atoms with E-state index in [9.17, 15) is 18.4 Å². The number of anilines is 1. The Labute approximate surface area is 260 Å². The fourth-order valence-electron chi connectivity index (χ4n) is 5.17. The Morgan fingerprint density at radius 1 is 0.933 bits per heavy atom. The first kappa shape index (κ1) is 31.2. The Kier molecular flexibility index (Phi) is 10.4. The van der Waals surface area contributed by atoms with E-state index in [0.717, 1.165) is 16.0 Å². The molecule has 1 N–H and O–H groups in total. The molecule has 1 fully saturated rings. The van der Waals surface area contributed by atoms with Gasteiger partial charge in [0.1, 0.15) is 37.7 Å². The molecule has 4 aromatic carbocycles. The maximum Gasteiger partial charge on any atom is 0.416 e. The van der Waals surface area contributed by atoms with Gasteiger partial charge in [-0.1, -0.05) is 59.8 Å². The number of nitrogens with zero attached hydrogens (tertiary/aromatic N) is 2. The quantitative estimate of drug-likeness (QED) is 0.128. The number of carbonyl (C=O) groups excluding carboxylic acids is 2. The molecule has 0 saturated carbocycles. The second kappa shape index (κ2) is 15.0. The normalized spacial score (nSPS) is 14.4. The van der Waals surface area contributed by atoms with Crippen molar-refractivity contribution < 1.29 is 32.7 Å². The third-order valence-corrected chi connectivity index (χ3v) is 7.47. The standard InChI is InChI=1S/C35H33F2N3O5/c1-43-39-32(25-7-11-27(36)12-8-25)20-19-31(34(41)40-21-22-44-35(40)42)33(38-29-15-13-28(37)14-16-29)26-9-17-30(18-10-26)45-23-24-5-3-2-4-6-24/h2-18,31,33,38H,19-23H2,1H3/b39-32-. The van der Waals surface area contributed by atoms with Crippen molar-refractivity contribution in [2.45, 2.75) is 25.5 Å². The molecule has 1 saturated heterocycles. The Balaban J connectivity index is 1.47. The molecule has 4 aromatic rings. The number of cyclic esters (lactones) is 1. The Hall–Kier alpha value is -5.25. The van der Waals surface area contributed by atoms with Crippen LogP contribution in [-0.2, 0) is 21.0 Å². The van der Waals surface area contributed by atoms with Crippen molar-refractivity contribution in [3.8, 4) is 5.75 Å². The van der Waals surface area contributed by atoms with Gasteiger partial charge in [0.2, 0.25) is 5.91 Å². The molecule has 0 radical (unpaired) electrons. The number of carbonyl (C=O) groups is 2. The highest BCUT2D eigenvalue weighted by Crippen LogP contribution is 2.34. The molecule has 10 heteroatoms. The lowest BCUT2D eigenvalue weighted by atomic mass is 9.86. The van der Waals surface area contributed by atoms with Gasteiger partial charge in [-0.25, -0.2) is 18.5 Å². The fourth-order valence-corrected chi connectivity index (χ4v) is 5.17. The maximum atomic E-state index is 14.1. The molecule has 8 nitrogen and oxygen atoms in total. The summed E-state index contributed by atoms with van der Waals surface area (Å²) in [7, 11) is 1.41. The minimum Gasteiger partial charge on any atom is -0.489 e. The van der Waals surface area contributed by atoms with E-state index in [1.807, 2.05) is 54.6 Å². The van der Waals surface area contributed by atoms with Crippen LogP contribution in [0.4, 0.5) is 19.3 Å². The van der Waals surface area contributed by atoms with Crippen molar-refractivity contribution in [1.29, 1.82) is 0 Å². The molecule has 45 heavy (non-hydrogen) atoms. The zero-order valence-corrected chi connectivity index (χ0v) is 24.7. The summed E-state index contributed by atoms with van der Waals surface area (Å²) in [5.74, 6) is -1.39. The third kappa shape index (κ3) is 8.23. The molecule has 1 aliphatic heterocycles. The average molecular weight is 614 g/mol. The molecule has 0 bridgehead atoms. The highest BCUT2D eigenvalue weighted by molar-refractivity contribution is 6.01. The van der Waals surface area contributed by atoms with Gasteiger partial charge in [-0.15, -0.1) is 0 Å². The largest absolute Gasteiger partial charge is 0.489 e. The van der Waals surface area contributed by atoms with E-state index in [-0.39, 0.29) is 26.0 Å².